The Balaban J connectivity index is 2.33. The van der Waals surface area contributed by atoms with E-state index in [1.165, 1.54) is 0 Å². The molecule has 0 saturated heterocycles. The van der Waals surface area contributed by atoms with E-state index in [-0.39, 0.29) is 5.41 Å². The highest BCUT2D eigenvalue weighted by molar-refractivity contribution is 7.85. The number of fused-ring (bicyclic) bond motifs is 2. The predicted molar refractivity (Wildman–Crippen MR) is 89.0 cm³/mol. The van der Waals surface area contributed by atoms with Crippen LogP contribution in [0.15, 0.2) is 58.3 Å². The zero-order chi connectivity index (χ0) is 14.9. The molecule has 0 amide bonds. The Bertz CT molecular complexity index is 626. The highest BCUT2D eigenvalue weighted by Gasteiger charge is 2.41. The summed E-state index contributed by atoms with van der Waals surface area (Å²) in [4.78, 5) is 1.79. The maximum absolute atomic E-state index is 12.8. The molecule has 4 heteroatoms. The number of benzene rings is 2. The van der Waals surface area contributed by atoms with Gasteiger partial charge < -0.3 is 0 Å². The Kier molecular flexibility index (Phi) is 4.39. The summed E-state index contributed by atoms with van der Waals surface area (Å²) >= 11 is 12.2. The van der Waals surface area contributed by atoms with Crippen LogP contribution in [0.2, 0.25) is 0 Å². The van der Waals surface area contributed by atoms with E-state index in [1.54, 1.807) is 0 Å². The van der Waals surface area contributed by atoms with Crippen molar-refractivity contribution in [1.82, 2.24) is 0 Å². The van der Waals surface area contributed by atoms with Crippen LogP contribution >= 0.6 is 23.2 Å². The molecule has 21 heavy (non-hydrogen) atoms. The standard InChI is InChI=1S/C17H16Cl2OS/c18-11-9-17(10-12-19)13-5-1-3-7-15(13)21(20)16-8-4-2-6-14(16)17/h1-8H,9-12H2. The predicted octanol–water partition coefficient (Wildman–Crippen LogP) is 4.71. The Morgan fingerprint density at radius 1 is 0.810 bits per heavy atom. The molecule has 1 nitrogen and oxygen atoms in total. The van der Waals surface area contributed by atoms with Gasteiger partial charge >= 0.3 is 0 Å². The molecule has 0 aliphatic carbocycles. The fourth-order valence-electron chi connectivity index (χ4n) is 3.30. The van der Waals surface area contributed by atoms with Gasteiger partial charge in [-0.25, -0.2) is 4.21 Å². The smallest absolute Gasteiger partial charge is 0.0855 e. The van der Waals surface area contributed by atoms with Gasteiger partial charge in [0.15, 0.2) is 0 Å². The number of rotatable bonds is 4. The molecule has 1 aliphatic rings. The first kappa shape index (κ1) is 15.1. The number of hydrogen-bond acceptors (Lipinski definition) is 1. The molecule has 0 radical (unpaired) electrons. The first-order valence-electron chi connectivity index (χ1n) is 6.97. The molecule has 1 aliphatic heterocycles. The summed E-state index contributed by atoms with van der Waals surface area (Å²) in [5, 5.41) is 0. The summed E-state index contributed by atoms with van der Waals surface area (Å²) < 4.78 is 12.8. The third-order valence-corrected chi connectivity index (χ3v) is 6.14. The van der Waals surface area contributed by atoms with Crippen LogP contribution in [-0.4, -0.2) is 16.0 Å². The summed E-state index contributed by atoms with van der Waals surface area (Å²) in [7, 11) is -1.13. The van der Waals surface area contributed by atoms with Crippen molar-refractivity contribution in [3.05, 3.63) is 59.7 Å². The van der Waals surface area contributed by atoms with Crippen LogP contribution in [0.5, 0.6) is 0 Å². The van der Waals surface area contributed by atoms with Crippen LogP contribution in [0.25, 0.3) is 0 Å². The molecular formula is C17H16Cl2OS. The van der Waals surface area contributed by atoms with Crippen LogP contribution in [-0.2, 0) is 16.2 Å². The Morgan fingerprint density at radius 3 is 1.67 bits per heavy atom. The molecule has 0 fully saturated rings. The van der Waals surface area contributed by atoms with Gasteiger partial charge in [-0.15, -0.1) is 23.2 Å². The topological polar surface area (TPSA) is 17.1 Å². The summed E-state index contributed by atoms with van der Waals surface area (Å²) in [5.41, 5.74) is 2.00. The van der Waals surface area contributed by atoms with Crippen LogP contribution in [0.1, 0.15) is 24.0 Å². The molecule has 0 aromatic heterocycles. The Morgan fingerprint density at radius 2 is 1.24 bits per heavy atom. The average molecular weight is 339 g/mol. The van der Waals surface area contributed by atoms with E-state index >= 15 is 0 Å². The van der Waals surface area contributed by atoms with Gasteiger partial charge in [0.1, 0.15) is 0 Å². The van der Waals surface area contributed by atoms with Gasteiger partial charge in [0.25, 0.3) is 0 Å². The van der Waals surface area contributed by atoms with Gasteiger partial charge in [-0.05, 0) is 36.1 Å². The van der Waals surface area contributed by atoms with Gasteiger partial charge in [-0.3, -0.25) is 0 Å². The van der Waals surface area contributed by atoms with E-state index in [1.807, 2.05) is 36.4 Å². The van der Waals surface area contributed by atoms with Crippen LogP contribution in [0, 0.1) is 0 Å². The largest absolute Gasteiger partial charge is 0.249 e. The molecule has 0 saturated carbocycles. The molecule has 2 aromatic rings. The zero-order valence-corrected chi connectivity index (χ0v) is 13.8. The highest BCUT2D eigenvalue weighted by atomic mass is 35.5. The van der Waals surface area contributed by atoms with E-state index in [9.17, 15) is 4.21 Å². The highest BCUT2D eigenvalue weighted by Crippen LogP contribution is 2.48. The van der Waals surface area contributed by atoms with E-state index in [0.717, 1.165) is 33.8 Å². The minimum absolute atomic E-state index is 0.232. The van der Waals surface area contributed by atoms with Crippen LogP contribution in [0.4, 0.5) is 0 Å². The van der Waals surface area contributed by atoms with Gasteiger partial charge in [-0.1, -0.05) is 36.4 Å². The summed E-state index contributed by atoms with van der Waals surface area (Å²) in [6, 6.07) is 15.9. The lowest BCUT2D eigenvalue weighted by Gasteiger charge is -2.40. The molecular weight excluding hydrogens is 323 g/mol. The molecule has 0 spiro atoms. The van der Waals surface area contributed by atoms with Crippen LogP contribution < -0.4 is 0 Å². The molecule has 0 bridgehead atoms. The lowest BCUT2D eigenvalue weighted by atomic mass is 9.70. The monoisotopic (exact) mass is 338 g/mol. The summed E-state index contributed by atoms with van der Waals surface area (Å²) in [6.07, 6.45) is 1.60. The van der Waals surface area contributed by atoms with Gasteiger partial charge in [0.2, 0.25) is 0 Å². The number of alkyl halides is 2. The second kappa shape index (κ2) is 6.12. The Hall–Kier alpha value is -0.830. The number of hydrogen-bond donors (Lipinski definition) is 0. The first-order chi connectivity index (χ1) is 10.2. The summed E-state index contributed by atoms with van der Waals surface area (Å²) in [6.45, 7) is 0. The molecule has 0 atom stereocenters. The van der Waals surface area contributed by atoms with Crippen LogP contribution in [0.3, 0.4) is 0 Å². The maximum Gasteiger partial charge on any atom is 0.0855 e. The summed E-state index contributed by atoms with van der Waals surface area (Å²) in [5.74, 6) is 1.10. The van der Waals surface area contributed by atoms with Crippen molar-refractivity contribution in [2.75, 3.05) is 11.8 Å². The minimum atomic E-state index is -1.13. The number of halogens is 2. The van der Waals surface area contributed by atoms with E-state index in [0.29, 0.717) is 11.8 Å². The SMILES string of the molecule is O=S1c2ccccc2C(CCCl)(CCCl)c2ccccc21. The maximum atomic E-state index is 12.8. The normalized spacial score (nSPS) is 16.3. The second-order valence-electron chi connectivity index (χ2n) is 5.22. The third-order valence-electron chi connectivity index (χ3n) is 4.25. The molecule has 0 N–H and O–H groups in total. The van der Waals surface area contributed by atoms with E-state index in [2.05, 4.69) is 12.1 Å². The third kappa shape index (κ3) is 2.34. The van der Waals surface area contributed by atoms with Crippen molar-refractivity contribution in [1.29, 1.82) is 0 Å². The zero-order valence-electron chi connectivity index (χ0n) is 11.5. The average Bonchev–Trinajstić information content (AvgIpc) is 2.53. The van der Waals surface area contributed by atoms with Crippen molar-refractivity contribution < 1.29 is 4.21 Å². The molecule has 0 unspecified atom stereocenters. The fraction of sp³-hybridized carbons (Fsp3) is 0.294. The fourth-order valence-corrected chi connectivity index (χ4v) is 5.51. The second-order valence-corrected chi connectivity index (χ2v) is 7.39. The quantitative estimate of drug-likeness (QED) is 0.737. The van der Waals surface area contributed by atoms with Crippen molar-refractivity contribution in [2.45, 2.75) is 28.0 Å². The van der Waals surface area contributed by atoms with E-state index in [4.69, 9.17) is 23.2 Å². The molecule has 110 valence electrons. The molecule has 3 rings (SSSR count). The lowest BCUT2D eigenvalue weighted by Crippen LogP contribution is -2.34. The Labute approximate surface area is 137 Å². The molecule has 1 heterocycles. The van der Waals surface area contributed by atoms with Crippen molar-refractivity contribution in [3.8, 4) is 0 Å². The lowest BCUT2D eigenvalue weighted by molar-refractivity contribution is 0.460. The van der Waals surface area contributed by atoms with Gasteiger partial charge in [0.05, 0.1) is 10.8 Å². The van der Waals surface area contributed by atoms with E-state index < -0.39 is 10.8 Å². The first-order valence-corrected chi connectivity index (χ1v) is 9.19. The molecule has 2 aromatic carbocycles. The van der Waals surface area contributed by atoms with Gasteiger partial charge in [0, 0.05) is 27.0 Å². The van der Waals surface area contributed by atoms with Gasteiger partial charge in [-0.2, -0.15) is 0 Å². The van der Waals surface area contributed by atoms with Crippen molar-refractivity contribution in [2.24, 2.45) is 0 Å². The minimum Gasteiger partial charge on any atom is -0.249 e. The van der Waals surface area contributed by atoms with Crippen molar-refractivity contribution >= 4 is 34.0 Å². The van der Waals surface area contributed by atoms with Crippen molar-refractivity contribution in [3.63, 3.8) is 0 Å².